The summed E-state index contributed by atoms with van der Waals surface area (Å²) < 4.78 is 31.4. The van der Waals surface area contributed by atoms with Crippen LogP contribution in [0.1, 0.15) is 16.1 Å². The van der Waals surface area contributed by atoms with Crippen molar-refractivity contribution < 1.29 is 22.8 Å². The zero-order valence-electron chi connectivity index (χ0n) is 14.0. The van der Waals surface area contributed by atoms with Crippen molar-refractivity contribution in [2.24, 2.45) is 0 Å². The summed E-state index contributed by atoms with van der Waals surface area (Å²) in [6.07, 6.45) is 1.41. The summed E-state index contributed by atoms with van der Waals surface area (Å²) in [5.41, 5.74) is 1.21. The smallest absolute Gasteiger partial charge is 0.319 e. The third kappa shape index (κ3) is 4.91. The maximum absolute atomic E-state index is 13.5. The second-order valence-electron chi connectivity index (χ2n) is 5.56. The standard InChI is InChI=1S/C19H15F2N3O3/c20-13-5-8-16(15(21)10-13)24-19(26)22-11-12-3-6-14(7-4-12)23-18(25)17-2-1-9-27-17/h1-10H,11H2,(H,23,25)(H2,22,24,26). The number of hydrogen-bond acceptors (Lipinski definition) is 3. The Bertz CT molecular complexity index is 941. The third-order valence-electron chi connectivity index (χ3n) is 3.59. The van der Waals surface area contributed by atoms with Crippen molar-refractivity contribution in [3.8, 4) is 0 Å². The average molecular weight is 371 g/mol. The molecule has 3 aromatic rings. The summed E-state index contributed by atoms with van der Waals surface area (Å²) in [7, 11) is 0. The van der Waals surface area contributed by atoms with Gasteiger partial charge in [-0.1, -0.05) is 12.1 Å². The molecule has 27 heavy (non-hydrogen) atoms. The van der Waals surface area contributed by atoms with E-state index >= 15 is 0 Å². The molecule has 0 radical (unpaired) electrons. The van der Waals surface area contributed by atoms with Gasteiger partial charge in [0.15, 0.2) is 5.76 Å². The molecule has 0 atom stereocenters. The Morgan fingerprint density at radius 1 is 0.963 bits per heavy atom. The zero-order chi connectivity index (χ0) is 19.2. The van der Waals surface area contributed by atoms with E-state index in [1.165, 1.54) is 6.26 Å². The van der Waals surface area contributed by atoms with Gasteiger partial charge in [0.05, 0.1) is 12.0 Å². The van der Waals surface area contributed by atoms with Gasteiger partial charge in [0, 0.05) is 18.3 Å². The Morgan fingerprint density at radius 3 is 2.41 bits per heavy atom. The number of amides is 3. The number of carbonyl (C=O) groups excluding carboxylic acids is 2. The molecule has 0 spiro atoms. The van der Waals surface area contributed by atoms with Crippen LogP contribution in [0, 0.1) is 11.6 Å². The van der Waals surface area contributed by atoms with Crippen LogP contribution in [0.2, 0.25) is 0 Å². The van der Waals surface area contributed by atoms with E-state index in [1.54, 1.807) is 36.4 Å². The van der Waals surface area contributed by atoms with E-state index in [9.17, 15) is 18.4 Å². The summed E-state index contributed by atoms with van der Waals surface area (Å²) in [6, 6.07) is 12.2. The molecule has 0 aliphatic rings. The lowest BCUT2D eigenvalue weighted by Gasteiger charge is -2.09. The van der Waals surface area contributed by atoms with Crippen molar-refractivity contribution in [3.05, 3.63) is 83.8 Å². The molecule has 0 fully saturated rings. The summed E-state index contributed by atoms with van der Waals surface area (Å²) in [5.74, 6) is -1.75. The zero-order valence-corrected chi connectivity index (χ0v) is 14.0. The Morgan fingerprint density at radius 2 is 1.74 bits per heavy atom. The molecule has 3 amide bonds. The van der Waals surface area contributed by atoms with Crippen LogP contribution in [0.3, 0.4) is 0 Å². The summed E-state index contributed by atoms with van der Waals surface area (Å²) in [6.45, 7) is 0.182. The van der Waals surface area contributed by atoms with E-state index in [2.05, 4.69) is 16.0 Å². The van der Waals surface area contributed by atoms with Crippen molar-refractivity contribution in [2.75, 3.05) is 10.6 Å². The quantitative estimate of drug-likeness (QED) is 0.631. The predicted octanol–water partition coefficient (Wildman–Crippen LogP) is 4.13. The van der Waals surface area contributed by atoms with Crippen molar-refractivity contribution in [2.45, 2.75) is 6.54 Å². The Balaban J connectivity index is 1.51. The maximum Gasteiger partial charge on any atom is 0.319 e. The summed E-state index contributed by atoms with van der Waals surface area (Å²) in [5, 5.41) is 7.54. The van der Waals surface area contributed by atoms with Gasteiger partial charge in [0.25, 0.3) is 5.91 Å². The Labute approximate surface area is 153 Å². The molecule has 3 rings (SSSR count). The fraction of sp³-hybridized carbons (Fsp3) is 0.0526. The summed E-state index contributed by atoms with van der Waals surface area (Å²) in [4.78, 5) is 23.7. The normalized spacial score (nSPS) is 10.3. The van der Waals surface area contributed by atoms with Gasteiger partial charge in [-0.25, -0.2) is 13.6 Å². The second kappa shape index (κ2) is 8.13. The van der Waals surface area contributed by atoms with E-state index in [0.29, 0.717) is 11.8 Å². The van der Waals surface area contributed by atoms with E-state index in [1.807, 2.05) is 0 Å². The molecule has 1 heterocycles. The number of rotatable bonds is 5. The largest absolute Gasteiger partial charge is 0.459 e. The van der Waals surface area contributed by atoms with Gasteiger partial charge in [-0.05, 0) is 42.0 Å². The van der Waals surface area contributed by atoms with Crippen LogP contribution in [0.4, 0.5) is 25.0 Å². The molecule has 0 saturated heterocycles. The average Bonchev–Trinajstić information content (AvgIpc) is 3.18. The first-order valence-corrected chi connectivity index (χ1v) is 7.95. The van der Waals surface area contributed by atoms with Crippen molar-refractivity contribution in [1.82, 2.24) is 5.32 Å². The van der Waals surface area contributed by atoms with Crippen molar-refractivity contribution >= 4 is 23.3 Å². The Hall–Kier alpha value is -3.68. The molecule has 0 aliphatic heterocycles. The molecular weight excluding hydrogens is 356 g/mol. The Kier molecular flexibility index (Phi) is 5.46. The van der Waals surface area contributed by atoms with E-state index < -0.39 is 17.7 Å². The van der Waals surface area contributed by atoms with E-state index in [4.69, 9.17) is 4.42 Å². The van der Waals surface area contributed by atoms with Crippen LogP contribution >= 0.6 is 0 Å². The molecule has 0 saturated carbocycles. The van der Waals surface area contributed by atoms with Crippen molar-refractivity contribution in [1.29, 1.82) is 0 Å². The molecule has 2 aromatic carbocycles. The molecule has 3 N–H and O–H groups in total. The van der Waals surface area contributed by atoms with Crippen LogP contribution < -0.4 is 16.0 Å². The molecule has 1 aromatic heterocycles. The first kappa shape index (κ1) is 18.1. The van der Waals surface area contributed by atoms with Crippen LogP contribution in [0.15, 0.2) is 65.3 Å². The second-order valence-corrected chi connectivity index (χ2v) is 5.56. The molecule has 8 heteroatoms. The van der Waals surface area contributed by atoms with Crippen LogP contribution in [0.25, 0.3) is 0 Å². The molecular formula is C19H15F2N3O3. The molecule has 6 nitrogen and oxygen atoms in total. The minimum absolute atomic E-state index is 0.120. The highest BCUT2D eigenvalue weighted by atomic mass is 19.1. The van der Waals surface area contributed by atoms with Gasteiger partial charge in [-0.2, -0.15) is 0 Å². The first-order chi connectivity index (χ1) is 13.0. The molecule has 138 valence electrons. The van der Waals surface area contributed by atoms with E-state index in [-0.39, 0.29) is 23.9 Å². The topological polar surface area (TPSA) is 83.4 Å². The fourth-order valence-corrected chi connectivity index (χ4v) is 2.25. The molecule has 0 aliphatic carbocycles. The first-order valence-electron chi connectivity index (χ1n) is 7.95. The number of nitrogens with one attached hydrogen (secondary N) is 3. The highest BCUT2D eigenvalue weighted by Crippen LogP contribution is 2.15. The lowest BCUT2D eigenvalue weighted by Crippen LogP contribution is -2.28. The number of benzene rings is 2. The fourth-order valence-electron chi connectivity index (χ4n) is 2.25. The number of carbonyl (C=O) groups is 2. The van der Waals surface area contributed by atoms with Gasteiger partial charge in [0.1, 0.15) is 11.6 Å². The lowest BCUT2D eigenvalue weighted by molar-refractivity contribution is 0.0996. The van der Waals surface area contributed by atoms with Gasteiger partial charge >= 0.3 is 6.03 Å². The van der Waals surface area contributed by atoms with E-state index in [0.717, 1.165) is 17.7 Å². The number of urea groups is 1. The number of anilines is 2. The predicted molar refractivity (Wildman–Crippen MR) is 95.3 cm³/mol. The van der Waals surface area contributed by atoms with Gasteiger partial charge in [-0.3, -0.25) is 4.79 Å². The van der Waals surface area contributed by atoms with Crippen LogP contribution in [-0.2, 0) is 6.54 Å². The van der Waals surface area contributed by atoms with Gasteiger partial charge in [0.2, 0.25) is 0 Å². The number of hydrogen-bond donors (Lipinski definition) is 3. The van der Waals surface area contributed by atoms with Crippen LogP contribution in [0.5, 0.6) is 0 Å². The number of furan rings is 1. The highest BCUT2D eigenvalue weighted by Gasteiger charge is 2.09. The molecule has 0 unspecified atom stereocenters. The van der Waals surface area contributed by atoms with Crippen molar-refractivity contribution in [3.63, 3.8) is 0 Å². The monoisotopic (exact) mass is 371 g/mol. The third-order valence-corrected chi connectivity index (χ3v) is 3.59. The highest BCUT2D eigenvalue weighted by molar-refractivity contribution is 6.02. The maximum atomic E-state index is 13.5. The summed E-state index contributed by atoms with van der Waals surface area (Å²) >= 11 is 0. The minimum Gasteiger partial charge on any atom is -0.459 e. The molecule has 0 bridgehead atoms. The minimum atomic E-state index is -0.859. The van der Waals surface area contributed by atoms with Gasteiger partial charge in [-0.15, -0.1) is 0 Å². The van der Waals surface area contributed by atoms with Gasteiger partial charge < -0.3 is 20.4 Å². The number of halogens is 2. The lowest BCUT2D eigenvalue weighted by atomic mass is 10.2. The SMILES string of the molecule is O=C(NCc1ccc(NC(=O)c2ccco2)cc1)Nc1ccc(F)cc1F. The van der Waals surface area contributed by atoms with Crippen LogP contribution in [-0.4, -0.2) is 11.9 Å².